The summed E-state index contributed by atoms with van der Waals surface area (Å²) in [5, 5.41) is 19.6. The molecule has 0 saturated heterocycles. The van der Waals surface area contributed by atoms with Crippen LogP contribution in [-0.2, 0) is 11.3 Å². The first-order valence-electron chi connectivity index (χ1n) is 12.0. The van der Waals surface area contributed by atoms with Crippen molar-refractivity contribution in [1.82, 2.24) is 0 Å². The molecule has 6 N–H and O–H groups in total. The Morgan fingerprint density at radius 1 is 0.825 bits per heavy atom. The maximum atomic E-state index is 12.4. The number of phenols is 2. The SMILES string of the molecule is C=Cc1ccc(COC(=O)c2ccccc2SC)cc1.Nc1ccc(O)c2c1C(=O)c1c(O)ccc(N)c1C2=O. The first-order chi connectivity index (χ1) is 19.2. The lowest BCUT2D eigenvalue weighted by atomic mass is 9.81. The van der Waals surface area contributed by atoms with E-state index in [1.165, 1.54) is 36.0 Å². The number of aromatic hydroxyl groups is 2. The largest absolute Gasteiger partial charge is 0.507 e. The first-order valence-corrected chi connectivity index (χ1v) is 13.2. The number of fused-ring (bicyclic) bond motifs is 2. The fraction of sp³-hybridized carbons (Fsp3) is 0.0645. The summed E-state index contributed by atoms with van der Waals surface area (Å²) < 4.78 is 5.35. The van der Waals surface area contributed by atoms with Crippen molar-refractivity contribution >= 4 is 46.7 Å². The van der Waals surface area contributed by atoms with Gasteiger partial charge in [-0.25, -0.2) is 4.79 Å². The molecule has 0 aliphatic heterocycles. The van der Waals surface area contributed by atoms with Crippen molar-refractivity contribution in [3.8, 4) is 11.5 Å². The van der Waals surface area contributed by atoms with E-state index in [-0.39, 0.29) is 57.7 Å². The number of phenolic OH excluding ortho intramolecular Hbond substituents is 2. The van der Waals surface area contributed by atoms with Crippen LogP contribution in [0.4, 0.5) is 11.4 Å². The van der Waals surface area contributed by atoms with Gasteiger partial charge in [0, 0.05) is 16.3 Å². The highest BCUT2D eigenvalue weighted by Crippen LogP contribution is 2.40. The predicted octanol–water partition coefficient (Wildman–Crippen LogP) is 5.45. The highest BCUT2D eigenvalue weighted by molar-refractivity contribution is 7.98. The summed E-state index contributed by atoms with van der Waals surface area (Å²) in [7, 11) is 0. The third kappa shape index (κ3) is 5.41. The standard InChI is InChI=1S/C17H16O2S.C14H10N2O4/c1-3-13-8-10-14(11-9-13)12-19-17(18)15-6-4-5-7-16(15)20-2;15-5-1-3-7(17)11-9(5)13(19)12-8(18)4-2-6(16)10(12)14(11)20/h3-11H,1,12H2,2H3;1-4,17-18H,15-16H2. The molecular formula is C31H26N2O6S. The molecule has 0 saturated carbocycles. The lowest BCUT2D eigenvalue weighted by Gasteiger charge is -2.21. The number of carbonyl (C=O) groups is 3. The normalized spacial score (nSPS) is 11.5. The number of carbonyl (C=O) groups excluding carboxylic acids is 3. The number of thioether (sulfide) groups is 1. The van der Waals surface area contributed by atoms with Gasteiger partial charge in [-0.1, -0.05) is 49.1 Å². The molecule has 0 amide bonds. The van der Waals surface area contributed by atoms with E-state index in [1.54, 1.807) is 12.1 Å². The number of ether oxygens (including phenoxy) is 1. The first kappa shape index (κ1) is 28.0. The molecule has 0 unspecified atom stereocenters. The number of hydrogen-bond acceptors (Lipinski definition) is 9. The molecule has 0 fully saturated rings. The Labute approximate surface area is 234 Å². The van der Waals surface area contributed by atoms with Crippen LogP contribution in [0.3, 0.4) is 0 Å². The Balaban J connectivity index is 0.000000185. The smallest absolute Gasteiger partial charge is 0.339 e. The molecule has 0 bridgehead atoms. The Hall–Kier alpha value is -5.02. The van der Waals surface area contributed by atoms with Gasteiger partial charge in [-0.05, 0) is 53.8 Å². The summed E-state index contributed by atoms with van der Waals surface area (Å²) in [4.78, 5) is 37.9. The second-order valence-electron chi connectivity index (χ2n) is 8.73. The molecule has 40 heavy (non-hydrogen) atoms. The van der Waals surface area contributed by atoms with Gasteiger partial charge >= 0.3 is 5.97 Å². The van der Waals surface area contributed by atoms with Crippen LogP contribution >= 0.6 is 11.8 Å². The summed E-state index contributed by atoms with van der Waals surface area (Å²) in [5.74, 6) is -2.25. The van der Waals surface area contributed by atoms with E-state index in [4.69, 9.17) is 16.2 Å². The molecule has 0 spiro atoms. The van der Waals surface area contributed by atoms with Gasteiger partial charge in [0.25, 0.3) is 0 Å². The molecule has 5 rings (SSSR count). The number of anilines is 2. The minimum atomic E-state index is -0.632. The molecule has 4 aromatic rings. The van der Waals surface area contributed by atoms with Gasteiger partial charge in [-0.3, -0.25) is 9.59 Å². The van der Waals surface area contributed by atoms with E-state index >= 15 is 0 Å². The van der Waals surface area contributed by atoms with Gasteiger partial charge in [0.15, 0.2) is 0 Å². The average Bonchev–Trinajstić information content (AvgIpc) is 2.97. The minimum Gasteiger partial charge on any atom is -0.507 e. The van der Waals surface area contributed by atoms with Crippen LogP contribution in [0.15, 0.2) is 84.3 Å². The topological polar surface area (TPSA) is 153 Å². The monoisotopic (exact) mass is 554 g/mol. The second-order valence-corrected chi connectivity index (χ2v) is 9.58. The van der Waals surface area contributed by atoms with Crippen LogP contribution in [0, 0.1) is 0 Å². The molecule has 0 heterocycles. The highest BCUT2D eigenvalue weighted by Gasteiger charge is 2.37. The van der Waals surface area contributed by atoms with Crippen LogP contribution in [0.25, 0.3) is 6.08 Å². The van der Waals surface area contributed by atoms with Crippen LogP contribution in [0.2, 0.25) is 0 Å². The van der Waals surface area contributed by atoms with E-state index in [9.17, 15) is 24.6 Å². The second kappa shape index (κ2) is 11.8. The zero-order valence-electron chi connectivity index (χ0n) is 21.5. The molecule has 0 atom stereocenters. The maximum Gasteiger partial charge on any atom is 0.339 e. The zero-order valence-corrected chi connectivity index (χ0v) is 22.3. The van der Waals surface area contributed by atoms with E-state index < -0.39 is 11.6 Å². The van der Waals surface area contributed by atoms with Gasteiger partial charge in [-0.2, -0.15) is 0 Å². The Kier molecular flexibility index (Phi) is 8.26. The van der Waals surface area contributed by atoms with Crippen molar-refractivity contribution in [2.75, 3.05) is 17.7 Å². The summed E-state index contributed by atoms with van der Waals surface area (Å²) in [6.07, 6.45) is 3.73. The van der Waals surface area contributed by atoms with E-state index in [0.29, 0.717) is 5.56 Å². The number of ketones is 2. The fourth-order valence-corrected chi connectivity index (χ4v) is 4.79. The Morgan fingerprint density at radius 2 is 1.35 bits per heavy atom. The molecule has 202 valence electrons. The van der Waals surface area contributed by atoms with Gasteiger partial charge in [-0.15, -0.1) is 11.8 Å². The number of nitrogen functional groups attached to an aromatic ring is 2. The fourth-order valence-electron chi connectivity index (χ4n) is 4.20. The van der Waals surface area contributed by atoms with E-state index in [0.717, 1.165) is 16.0 Å². The summed E-state index contributed by atoms with van der Waals surface area (Å²) >= 11 is 1.54. The lowest BCUT2D eigenvalue weighted by molar-refractivity contribution is 0.0468. The quantitative estimate of drug-likeness (QED) is 0.0962. The van der Waals surface area contributed by atoms with Crippen molar-refractivity contribution in [2.45, 2.75) is 11.5 Å². The van der Waals surface area contributed by atoms with Gasteiger partial charge in [0.05, 0.1) is 27.8 Å². The lowest BCUT2D eigenvalue weighted by Crippen LogP contribution is -2.24. The van der Waals surface area contributed by atoms with Gasteiger partial charge < -0.3 is 26.4 Å². The summed E-state index contributed by atoms with van der Waals surface area (Å²) in [5.41, 5.74) is 13.6. The van der Waals surface area contributed by atoms with Crippen LogP contribution in [0.1, 0.15) is 53.3 Å². The molecule has 8 nitrogen and oxygen atoms in total. The zero-order chi connectivity index (χ0) is 29.0. The Morgan fingerprint density at radius 3 is 1.85 bits per heavy atom. The van der Waals surface area contributed by atoms with E-state index in [2.05, 4.69) is 6.58 Å². The van der Waals surface area contributed by atoms with Crippen LogP contribution < -0.4 is 11.5 Å². The number of esters is 1. The third-order valence-electron chi connectivity index (χ3n) is 6.25. The van der Waals surface area contributed by atoms with Crippen LogP contribution in [-0.4, -0.2) is 34.0 Å². The number of hydrogen-bond donors (Lipinski definition) is 4. The molecule has 0 aromatic heterocycles. The molecular weight excluding hydrogens is 528 g/mol. The third-order valence-corrected chi connectivity index (χ3v) is 7.05. The highest BCUT2D eigenvalue weighted by atomic mass is 32.2. The molecule has 0 radical (unpaired) electrons. The summed E-state index contributed by atoms with van der Waals surface area (Å²) in [6.45, 7) is 3.98. The minimum absolute atomic E-state index is 0.0589. The summed E-state index contributed by atoms with van der Waals surface area (Å²) in [6, 6.07) is 20.4. The maximum absolute atomic E-state index is 12.4. The van der Waals surface area contributed by atoms with Gasteiger partial charge in [0.2, 0.25) is 11.6 Å². The van der Waals surface area contributed by atoms with Crippen molar-refractivity contribution in [3.63, 3.8) is 0 Å². The Bertz CT molecular complexity index is 1520. The number of nitrogens with two attached hydrogens (primary N) is 2. The van der Waals surface area contributed by atoms with Gasteiger partial charge in [0.1, 0.15) is 18.1 Å². The molecule has 1 aliphatic carbocycles. The van der Waals surface area contributed by atoms with Crippen molar-refractivity contribution in [3.05, 3.63) is 118 Å². The molecule has 4 aromatic carbocycles. The van der Waals surface area contributed by atoms with Crippen LogP contribution in [0.5, 0.6) is 11.5 Å². The average molecular weight is 555 g/mol. The number of rotatable bonds is 5. The van der Waals surface area contributed by atoms with Crippen molar-refractivity contribution in [1.29, 1.82) is 0 Å². The van der Waals surface area contributed by atoms with Crippen molar-refractivity contribution in [2.24, 2.45) is 0 Å². The molecule has 1 aliphatic rings. The van der Waals surface area contributed by atoms with E-state index in [1.807, 2.05) is 48.7 Å². The van der Waals surface area contributed by atoms with Crippen molar-refractivity contribution < 1.29 is 29.3 Å². The number of benzene rings is 4. The predicted molar refractivity (Wildman–Crippen MR) is 156 cm³/mol. The molecule has 9 heteroatoms.